The Hall–Kier alpha value is -2.79. The molecule has 0 saturated heterocycles. The minimum Gasteiger partial charge on any atom is -0.445 e. The average Bonchev–Trinajstić information content (AvgIpc) is 2.61. The number of nitrogens with one attached hydrogen (secondary N) is 2. The van der Waals surface area contributed by atoms with Gasteiger partial charge in [0.15, 0.2) is 0 Å². The highest BCUT2D eigenvalue weighted by Gasteiger charge is 2.00. The third-order valence-electron chi connectivity index (χ3n) is 3.18. The van der Waals surface area contributed by atoms with Crippen LogP contribution in [-0.2, 0) is 11.3 Å². The normalized spacial score (nSPS) is 10.5. The smallest absolute Gasteiger partial charge is 0.407 e. The van der Waals surface area contributed by atoms with Gasteiger partial charge in [-0.1, -0.05) is 54.6 Å². The standard InChI is InChI=1S/C18H21N3O2/c19-21-17-11-9-15(10-12-17)6-4-5-13-20-18(22)23-14-16-7-2-1-3-8-16/h1-4,6-12,21H,5,13-14,19H2,(H,20,22). The number of hydrogen-bond donors (Lipinski definition) is 3. The molecule has 2 aromatic rings. The molecule has 0 heterocycles. The fourth-order valence-electron chi connectivity index (χ4n) is 1.94. The lowest BCUT2D eigenvalue weighted by Gasteiger charge is -2.05. The molecule has 0 aliphatic heterocycles. The van der Waals surface area contributed by atoms with Crippen LogP contribution in [0.3, 0.4) is 0 Å². The molecule has 0 unspecified atom stereocenters. The predicted molar refractivity (Wildman–Crippen MR) is 92.5 cm³/mol. The molecular formula is C18H21N3O2. The van der Waals surface area contributed by atoms with Gasteiger partial charge in [-0.2, -0.15) is 0 Å². The van der Waals surface area contributed by atoms with Crippen LogP contribution in [0.4, 0.5) is 10.5 Å². The molecule has 120 valence electrons. The molecule has 0 spiro atoms. The van der Waals surface area contributed by atoms with Crippen molar-refractivity contribution in [2.24, 2.45) is 5.84 Å². The van der Waals surface area contributed by atoms with E-state index in [1.54, 1.807) is 0 Å². The number of hydrazine groups is 1. The number of hydrogen-bond acceptors (Lipinski definition) is 4. The Kier molecular flexibility index (Phi) is 6.68. The van der Waals surface area contributed by atoms with Crippen LogP contribution in [0.1, 0.15) is 17.5 Å². The van der Waals surface area contributed by atoms with E-state index in [2.05, 4.69) is 10.7 Å². The molecule has 5 nitrogen and oxygen atoms in total. The highest BCUT2D eigenvalue weighted by Crippen LogP contribution is 2.09. The van der Waals surface area contributed by atoms with E-state index in [0.29, 0.717) is 6.54 Å². The summed E-state index contributed by atoms with van der Waals surface area (Å²) in [4.78, 5) is 11.5. The number of carbonyl (C=O) groups excluding carboxylic acids is 1. The van der Waals surface area contributed by atoms with Crippen molar-refractivity contribution in [3.63, 3.8) is 0 Å². The molecule has 0 fully saturated rings. The van der Waals surface area contributed by atoms with E-state index in [1.807, 2.05) is 66.7 Å². The van der Waals surface area contributed by atoms with E-state index in [4.69, 9.17) is 10.6 Å². The molecule has 0 aliphatic carbocycles. The van der Waals surface area contributed by atoms with E-state index in [0.717, 1.165) is 23.2 Å². The Labute approximate surface area is 136 Å². The number of amides is 1. The van der Waals surface area contributed by atoms with Crippen molar-refractivity contribution >= 4 is 17.9 Å². The Bertz CT molecular complexity index is 624. The largest absolute Gasteiger partial charge is 0.445 e. The van der Waals surface area contributed by atoms with Gasteiger partial charge in [0.25, 0.3) is 0 Å². The first kappa shape index (κ1) is 16.6. The van der Waals surface area contributed by atoms with Gasteiger partial charge in [-0.3, -0.25) is 5.84 Å². The fourth-order valence-corrected chi connectivity index (χ4v) is 1.94. The van der Waals surface area contributed by atoms with Crippen molar-refractivity contribution in [1.29, 1.82) is 0 Å². The van der Waals surface area contributed by atoms with Gasteiger partial charge < -0.3 is 15.5 Å². The van der Waals surface area contributed by atoms with Crippen LogP contribution in [0, 0.1) is 0 Å². The minimum absolute atomic E-state index is 0.282. The van der Waals surface area contributed by atoms with E-state index in [1.165, 1.54) is 0 Å². The molecule has 23 heavy (non-hydrogen) atoms. The van der Waals surface area contributed by atoms with Crippen LogP contribution in [-0.4, -0.2) is 12.6 Å². The molecule has 2 aromatic carbocycles. The topological polar surface area (TPSA) is 76.4 Å². The predicted octanol–water partition coefficient (Wildman–Crippen LogP) is 3.30. The van der Waals surface area contributed by atoms with Crippen molar-refractivity contribution in [3.8, 4) is 0 Å². The Morgan fingerprint density at radius 1 is 1.09 bits per heavy atom. The summed E-state index contributed by atoms with van der Waals surface area (Å²) in [6.07, 6.45) is 4.33. The zero-order chi connectivity index (χ0) is 16.3. The van der Waals surface area contributed by atoms with Crippen LogP contribution in [0.15, 0.2) is 60.7 Å². The van der Waals surface area contributed by atoms with E-state index in [-0.39, 0.29) is 6.61 Å². The maximum absolute atomic E-state index is 11.5. The zero-order valence-corrected chi connectivity index (χ0v) is 12.9. The summed E-state index contributed by atoms with van der Waals surface area (Å²) in [6, 6.07) is 17.3. The van der Waals surface area contributed by atoms with Crippen molar-refractivity contribution in [2.45, 2.75) is 13.0 Å². The van der Waals surface area contributed by atoms with Crippen LogP contribution in [0.5, 0.6) is 0 Å². The third-order valence-corrected chi connectivity index (χ3v) is 3.18. The first-order valence-electron chi connectivity index (χ1n) is 7.46. The summed E-state index contributed by atoms with van der Waals surface area (Å²) in [5.41, 5.74) is 5.50. The van der Waals surface area contributed by atoms with E-state index < -0.39 is 6.09 Å². The first-order chi connectivity index (χ1) is 11.3. The van der Waals surface area contributed by atoms with Gasteiger partial charge in [0.1, 0.15) is 6.61 Å². The van der Waals surface area contributed by atoms with Crippen LogP contribution in [0.2, 0.25) is 0 Å². The second-order valence-corrected chi connectivity index (χ2v) is 4.95. The Morgan fingerprint density at radius 3 is 2.52 bits per heavy atom. The van der Waals surface area contributed by atoms with E-state index >= 15 is 0 Å². The summed E-state index contributed by atoms with van der Waals surface area (Å²) in [5, 5.41) is 2.72. The van der Waals surface area contributed by atoms with Gasteiger partial charge in [0.05, 0.1) is 0 Å². The lowest BCUT2D eigenvalue weighted by atomic mass is 10.2. The number of rotatable bonds is 7. The van der Waals surface area contributed by atoms with Gasteiger partial charge in [-0.25, -0.2) is 4.79 Å². The molecule has 0 aliphatic rings. The molecule has 0 atom stereocenters. The minimum atomic E-state index is -0.402. The highest BCUT2D eigenvalue weighted by atomic mass is 16.5. The quantitative estimate of drug-likeness (QED) is 0.416. The maximum atomic E-state index is 11.5. The summed E-state index contributed by atoms with van der Waals surface area (Å²) in [7, 11) is 0. The van der Waals surface area contributed by atoms with Crippen molar-refractivity contribution < 1.29 is 9.53 Å². The van der Waals surface area contributed by atoms with Crippen molar-refractivity contribution in [3.05, 3.63) is 71.8 Å². The lowest BCUT2D eigenvalue weighted by Crippen LogP contribution is -2.24. The highest BCUT2D eigenvalue weighted by molar-refractivity contribution is 5.67. The molecular weight excluding hydrogens is 290 g/mol. The number of nitrogen functional groups attached to an aromatic ring is 1. The van der Waals surface area contributed by atoms with Crippen molar-refractivity contribution in [2.75, 3.05) is 12.0 Å². The second-order valence-electron chi connectivity index (χ2n) is 4.95. The number of benzene rings is 2. The van der Waals surface area contributed by atoms with Gasteiger partial charge in [-0.05, 0) is 29.7 Å². The maximum Gasteiger partial charge on any atom is 0.407 e. The third kappa shape index (κ3) is 6.23. The van der Waals surface area contributed by atoms with Gasteiger partial charge >= 0.3 is 6.09 Å². The van der Waals surface area contributed by atoms with Crippen LogP contribution < -0.4 is 16.6 Å². The van der Waals surface area contributed by atoms with Crippen LogP contribution >= 0.6 is 0 Å². The summed E-state index contributed by atoms with van der Waals surface area (Å²) >= 11 is 0. The zero-order valence-electron chi connectivity index (χ0n) is 12.9. The molecule has 2 rings (SSSR count). The number of alkyl carbamates (subject to hydrolysis) is 1. The molecule has 1 amide bonds. The summed E-state index contributed by atoms with van der Waals surface area (Å²) < 4.78 is 5.13. The number of ether oxygens (including phenoxy) is 1. The number of nitrogens with two attached hydrogens (primary N) is 1. The molecule has 5 heteroatoms. The van der Waals surface area contributed by atoms with Gasteiger partial charge in [-0.15, -0.1) is 0 Å². The van der Waals surface area contributed by atoms with Crippen LogP contribution in [0.25, 0.3) is 6.08 Å². The molecule has 4 N–H and O–H groups in total. The van der Waals surface area contributed by atoms with Gasteiger partial charge in [0.2, 0.25) is 0 Å². The average molecular weight is 311 g/mol. The molecule has 0 saturated carbocycles. The first-order valence-corrected chi connectivity index (χ1v) is 7.46. The summed E-state index contributed by atoms with van der Waals surface area (Å²) in [6.45, 7) is 0.816. The Balaban J connectivity index is 1.62. The number of anilines is 1. The fraction of sp³-hybridized carbons (Fsp3) is 0.167. The van der Waals surface area contributed by atoms with Gasteiger partial charge in [0, 0.05) is 12.2 Å². The monoisotopic (exact) mass is 311 g/mol. The van der Waals surface area contributed by atoms with Crippen molar-refractivity contribution in [1.82, 2.24) is 5.32 Å². The molecule has 0 aromatic heterocycles. The molecule has 0 radical (unpaired) electrons. The SMILES string of the molecule is NNc1ccc(C=CCCNC(=O)OCc2ccccc2)cc1. The summed E-state index contributed by atoms with van der Waals surface area (Å²) in [5.74, 6) is 5.31. The lowest BCUT2D eigenvalue weighted by molar-refractivity contribution is 0.140. The Morgan fingerprint density at radius 2 is 1.83 bits per heavy atom. The molecule has 0 bridgehead atoms. The number of carbonyl (C=O) groups is 1. The van der Waals surface area contributed by atoms with E-state index in [9.17, 15) is 4.79 Å². The second kappa shape index (κ2) is 9.27.